The Morgan fingerprint density at radius 2 is 1.79 bits per heavy atom. The second-order valence-corrected chi connectivity index (χ2v) is 7.22. The van der Waals surface area contributed by atoms with Crippen molar-refractivity contribution in [1.29, 1.82) is 0 Å². The van der Waals surface area contributed by atoms with Gasteiger partial charge >= 0.3 is 0 Å². The number of nitrogens with one attached hydrogen (secondary N) is 2. The molecule has 150 valence electrons. The van der Waals surface area contributed by atoms with Crippen molar-refractivity contribution in [3.05, 3.63) is 65.7 Å². The number of thiocarbonyl (C=S) groups is 1. The number of morpholine rings is 1. The van der Waals surface area contributed by atoms with Gasteiger partial charge in [-0.25, -0.2) is 0 Å². The highest BCUT2D eigenvalue weighted by atomic mass is 32.1. The Morgan fingerprint density at radius 3 is 2.46 bits per heavy atom. The van der Waals surface area contributed by atoms with Crippen LogP contribution in [-0.2, 0) is 11.2 Å². The molecule has 1 fully saturated rings. The van der Waals surface area contributed by atoms with Gasteiger partial charge in [-0.1, -0.05) is 42.5 Å². The molecular formula is C22H29N3O2S. The maximum absolute atomic E-state index is 5.52. The summed E-state index contributed by atoms with van der Waals surface area (Å²) in [6.45, 7) is 4.96. The highest BCUT2D eigenvalue weighted by Gasteiger charge is 2.22. The Balaban J connectivity index is 1.53. The molecule has 0 unspecified atom stereocenters. The lowest BCUT2D eigenvalue weighted by Gasteiger charge is -2.35. The van der Waals surface area contributed by atoms with Crippen molar-refractivity contribution in [2.45, 2.75) is 12.5 Å². The monoisotopic (exact) mass is 399 g/mol. The van der Waals surface area contributed by atoms with E-state index in [1.165, 1.54) is 11.1 Å². The van der Waals surface area contributed by atoms with Crippen LogP contribution in [0.3, 0.4) is 0 Å². The predicted octanol–water partition coefficient (Wildman–Crippen LogP) is 2.78. The van der Waals surface area contributed by atoms with Gasteiger partial charge in [0.1, 0.15) is 5.75 Å². The number of hydrogen-bond acceptors (Lipinski definition) is 4. The minimum atomic E-state index is 0.240. The fourth-order valence-electron chi connectivity index (χ4n) is 3.39. The second-order valence-electron chi connectivity index (χ2n) is 6.81. The molecule has 6 heteroatoms. The van der Waals surface area contributed by atoms with Gasteiger partial charge in [0.05, 0.1) is 26.4 Å². The van der Waals surface area contributed by atoms with E-state index in [0.717, 1.165) is 51.6 Å². The topological polar surface area (TPSA) is 45.8 Å². The van der Waals surface area contributed by atoms with E-state index in [-0.39, 0.29) is 6.04 Å². The van der Waals surface area contributed by atoms with Crippen LogP contribution in [0.2, 0.25) is 0 Å². The van der Waals surface area contributed by atoms with Gasteiger partial charge in [-0.2, -0.15) is 0 Å². The molecule has 3 rings (SSSR count). The zero-order valence-electron chi connectivity index (χ0n) is 16.4. The molecule has 5 nitrogen and oxygen atoms in total. The van der Waals surface area contributed by atoms with Crippen LogP contribution in [0.4, 0.5) is 0 Å². The molecule has 1 heterocycles. The minimum absolute atomic E-state index is 0.240. The number of hydrogen-bond donors (Lipinski definition) is 2. The first kappa shape index (κ1) is 20.6. The summed E-state index contributed by atoms with van der Waals surface area (Å²) in [5, 5.41) is 7.41. The third kappa shape index (κ3) is 6.19. The highest BCUT2D eigenvalue weighted by molar-refractivity contribution is 7.80. The predicted molar refractivity (Wildman–Crippen MR) is 117 cm³/mol. The molecule has 28 heavy (non-hydrogen) atoms. The van der Waals surface area contributed by atoms with Crippen LogP contribution < -0.4 is 15.4 Å². The lowest BCUT2D eigenvalue weighted by atomic mass is 10.0. The van der Waals surface area contributed by atoms with Crippen molar-refractivity contribution in [3.8, 4) is 5.75 Å². The summed E-state index contributed by atoms with van der Waals surface area (Å²) in [5.41, 5.74) is 2.56. The van der Waals surface area contributed by atoms with E-state index in [1.54, 1.807) is 7.11 Å². The normalized spacial score (nSPS) is 15.6. The summed E-state index contributed by atoms with van der Waals surface area (Å²) in [4.78, 5) is 2.45. The molecule has 0 aromatic heterocycles. The average molecular weight is 400 g/mol. The molecule has 0 spiro atoms. The molecule has 1 saturated heterocycles. The smallest absolute Gasteiger partial charge is 0.166 e. The molecular weight excluding hydrogens is 370 g/mol. The van der Waals surface area contributed by atoms with Gasteiger partial charge in [0, 0.05) is 26.2 Å². The highest BCUT2D eigenvalue weighted by Crippen LogP contribution is 2.23. The SMILES string of the molecule is COc1ccc([C@H](CNC(=S)NCCc2ccccc2)N2CCOCC2)cc1. The summed E-state index contributed by atoms with van der Waals surface area (Å²) in [5.74, 6) is 0.871. The third-order valence-corrected chi connectivity index (χ3v) is 5.27. The summed E-state index contributed by atoms with van der Waals surface area (Å²) < 4.78 is 10.8. The molecule has 1 aliphatic heterocycles. The quantitative estimate of drug-likeness (QED) is 0.666. The van der Waals surface area contributed by atoms with E-state index in [1.807, 2.05) is 18.2 Å². The lowest BCUT2D eigenvalue weighted by molar-refractivity contribution is 0.0170. The molecule has 0 aliphatic carbocycles. The van der Waals surface area contributed by atoms with E-state index in [4.69, 9.17) is 21.7 Å². The van der Waals surface area contributed by atoms with Gasteiger partial charge in [-0.15, -0.1) is 0 Å². The van der Waals surface area contributed by atoms with Crippen molar-refractivity contribution >= 4 is 17.3 Å². The molecule has 0 bridgehead atoms. The molecule has 2 aromatic carbocycles. The minimum Gasteiger partial charge on any atom is -0.497 e. The van der Waals surface area contributed by atoms with Gasteiger partial charge in [0.2, 0.25) is 0 Å². The molecule has 2 N–H and O–H groups in total. The van der Waals surface area contributed by atoms with Crippen LogP contribution >= 0.6 is 12.2 Å². The first-order chi connectivity index (χ1) is 13.8. The fourth-order valence-corrected chi connectivity index (χ4v) is 3.58. The van der Waals surface area contributed by atoms with Crippen LogP contribution in [0.5, 0.6) is 5.75 Å². The Labute approximate surface area is 173 Å². The summed E-state index contributed by atoms with van der Waals surface area (Å²) in [7, 11) is 1.69. The van der Waals surface area contributed by atoms with Gasteiger partial charge in [-0.05, 0) is 41.9 Å². The molecule has 0 radical (unpaired) electrons. The van der Waals surface area contributed by atoms with Crippen molar-refractivity contribution in [2.75, 3.05) is 46.5 Å². The summed E-state index contributed by atoms with van der Waals surface area (Å²) >= 11 is 5.49. The lowest BCUT2D eigenvalue weighted by Crippen LogP contribution is -2.45. The number of ether oxygens (including phenoxy) is 2. The Bertz CT molecular complexity index is 718. The van der Waals surface area contributed by atoms with Gasteiger partial charge in [0.15, 0.2) is 5.11 Å². The van der Waals surface area contributed by atoms with Crippen molar-refractivity contribution < 1.29 is 9.47 Å². The second kappa shape index (κ2) is 11.0. The maximum Gasteiger partial charge on any atom is 0.166 e. The number of nitrogens with zero attached hydrogens (tertiary/aromatic N) is 1. The molecule has 1 aliphatic rings. The Kier molecular flexibility index (Phi) is 8.08. The maximum atomic E-state index is 5.52. The van der Waals surface area contributed by atoms with Crippen LogP contribution in [0, 0.1) is 0 Å². The van der Waals surface area contributed by atoms with E-state index in [9.17, 15) is 0 Å². The van der Waals surface area contributed by atoms with Crippen LogP contribution in [0.25, 0.3) is 0 Å². The largest absolute Gasteiger partial charge is 0.497 e. The number of rotatable bonds is 8. The fraction of sp³-hybridized carbons (Fsp3) is 0.409. The number of methoxy groups -OCH3 is 1. The first-order valence-electron chi connectivity index (χ1n) is 9.77. The molecule has 0 saturated carbocycles. The van der Waals surface area contributed by atoms with Crippen LogP contribution in [-0.4, -0.2) is 56.5 Å². The Hall–Kier alpha value is -2.15. The zero-order valence-corrected chi connectivity index (χ0v) is 17.2. The summed E-state index contributed by atoms with van der Waals surface area (Å²) in [6.07, 6.45) is 0.952. The van der Waals surface area contributed by atoms with E-state index in [0.29, 0.717) is 5.11 Å². The standard InChI is InChI=1S/C22H29N3O2S/c1-26-20-9-7-19(8-10-20)21(25-13-15-27-16-14-25)17-24-22(28)23-12-11-18-5-3-2-4-6-18/h2-10,21H,11-17H2,1H3,(H2,23,24,28)/t21-/m0/s1. The van der Waals surface area contributed by atoms with Gasteiger partial charge in [0.25, 0.3) is 0 Å². The first-order valence-corrected chi connectivity index (χ1v) is 10.2. The zero-order chi connectivity index (χ0) is 19.6. The average Bonchev–Trinajstić information content (AvgIpc) is 2.76. The van der Waals surface area contributed by atoms with Gasteiger partial charge < -0.3 is 20.1 Å². The van der Waals surface area contributed by atoms with Crippen LogP contribution in [0.1, 0.15) is 17.2 Å². The van der Waals surface area contributed by atoms with E-state index < -0.39 is 0 Å². The molecule has 0 amide bonds. The van der Waals surface area contributed by atoms with Crippen molar-refractivity contribution in [2.24, 2.45) is 0 Å². The van der Waals surface area contributed by atoms with Crippen LogP contribution in [0.15, 0.2) is 54.6 Å². The van der Waals surface area contributed by atoms with Crippen molar-refractivity contribution in [3.63, 3.8) is 0 Å². The Morgan fingerprint density at radius 1 is 1.07 bits per heavy atom. The van der Waals surface area contributed by atoms with E-state index >= 15 is 0 Å². The van der Waals surface area contributed by atoms with Crippen molar-refractivity contribution in [1.82, 2.24) is 15.5 Å². The van der Waals surface area contributed by atoms with E-state index in [2.05, 4.69) is 51.9 Å². The number of benzene rings is 2. The molecule has 1 atom stereocenters. The van der Waals surface area contributed by atoms with Gasteiger partial charge in [-0.3, -0.25) is 4.90 Å². The molecule has 2 aromatic rings. The third-order valence-electron chi connectivity index (χ3n) is 4.99. The summed E-state index contributed by atoms with van der Waals surface area (Å²) in [6, 6.07) is 19.0.